The SMILES string of the molecule is CCCC[C@H](NC(C)=O)C(=O)N[C@H]1CCC(=O)NCC[C@@H](C(=O)N[C@@H](Cc2c[nH]c3ccccc23)C(N)=O)NC(=O)[C@H](CCCN=C(N)N)NC(=O)[C@@H](Cc2ccccc2)NC(=O)[C@H](CCCN=C(N)N)NC1=O. The second-order valence-corrected chi connectivity index (χ2v) is 18.0. The molecule has 0 spiro atoms. The minimum absolute atomic E-state index is 0.0208. The third kappa shape index (κ3) is 19.7. The van der Waals surface area contributed by atoms with E-state index in [9.17, 15) is 43.2 Å². The molecular weight excluding hydrogens is 957 g/mol. The number of benzene rings is 2. The van der Waals surface area contributed by atoms with Crippen LogP contribution in [0.2, 0.25) is 0 Å². The molecule has 402 valence electrons. The van der Waals surface area contributed by atoms with E-state index < -0.39 is 95.5 Å². The molecule has 1 fully saturated rings. The Kier molecular flexibility index (Phi) is 23.6. The van der Waals surface area contributed by atoms with Crippen LogP contribution in [-0.4, -0.2) is 132 Å². The van der Waals surface area contributed by atoms with Crippen LogP contribution < -0.4 is 71.2 Å². The number of carbonyl (C=O) groups is 9. The zero-order chi connectivity index (χ0) is 54.2. The quantitative estimate of drug-likeness (QED) is 0.0297. The maximum atomic E-state index is 14.5. The van der Waals surface area contributed by atoms with Crippen LogP contribution in [0.1, 0.15) is 89.2 Å². The smallest absolute Gasteiger partial charge is 0.243 e. The number of nitrogens with zero attached hydrogens (tertiary/aromatic N) is 2. The standard InChI is InChI=1S/C49H72N16O9/c1-3-4-15-33(59-28(2)66)42(69)62-36-19-20-40(67)55-24-21-37(46(73)64-38(41(50)68)26-30-27-58-32-16-9-8-14-31(30)32)63-43(70)34(17-10-22-56-48(51)52)61-47(74)39(25-29-12-6-5-7-13-29)65-44(71)35(60-45(36)72)18-11-23-57-49(53)54/h5-9,12-14,16,27,33-39,58H,3-4,10-11,15,17-26H2,1-2H3,(H2,50,68)(H,55,67)(H,59,66)(H,60,72)(H,61,74)(H,62,69)(H,63,70)(H,64,73)(H,65,71)(H4,51,52,56)(H4,53,54,57)/t33-,34-,35-,36-,37-,38-,39+/m0/s1. The number of para-hydroxylation sites is 1. The van der Waals surface area contributed by atoms with Crippen molar-refractivity contribution in [2.45, 2.75) is 133 Å². The van der Waals surface area contributed by atoms with E-state index in [1.54, 1.807) is 36.5 Å². The van der Waals surface area contributed by atoms with Crippen LogP contribution in [0.3, 0.4) is 0 Å². The van der Waals surface area contributed by atoms with Crippen LogP contribution in [-0.2, 0) is 56.0 Å². The molecule has 1 aromatic heterocycles. The first-order chi connectivity index (χ1) is 35.3. The monoisotopic (exact) mass is 1030 g/mol. The van der Waals surface area contributed by atoms with E-state index >= 15 is 0 Å². The van der Waals surface area contributed by atoms with Gasteiger partial charge in [-0.25, -0.2) is 0 Å². The maximum Gasteiger partial charge on any atom is 0.243 e. The molecule has 1 aliphatic rings. The summed E-state index contributed by atoms with van der Waals surface area (Å²) in [5.41, 5.74) is 30.1. The number of amides is 9. The number of aromatic amines is 1. The van der Waals surface area contributed by atoms with E-state index in [2.05, 4.69) is 57.5 Å². The number of H-pyrrole nitrogens is 1. The van der Waals surface area contributed by atoms with Crippen molar-refractivity contribution >= 4 is 76.0 Å². The van der Waals surface area contributed by atoms with Crippen LogP contribution in [0.15, 0.2) is 70.8 Å². The number of unbranched alkanes of at least 4 members (excludes halogenated alkanes) is 1. The van der Waals surface area contributed by atoms with Gasteiger partial charge >= 0.3 is 0 Å². The molecule has 2 heterocycles. The zero-order valence-electron chi connectivity index (χ0n) is 41.9. The van der Waals surface area contributed by atoms with E-state index in [4.69, 9.17) is 28.7 Å². The number of primary amides is 1. The van der Waals surface area contributed by atoms with Gasteiger partial charge in [0.1, 0.15) is 42.3 Å². The number of hydrogen-bond donors (Lipinski definition) is 14. The Hall–Kier alpha value is -8.25. The number of nitrogens with one attached hydrogen (secondary N) is 9. The summed E-state index contributed by atoms with van der Waals surface area (Å²) in [5.74, 6) is -7.33. The fourth-order valence-corrected chi connectivity index (χ4v) is 8.16. The van der Waals surface area contributed by atoms with Crippen molar-refractivity contribution in [1.29, 1.82) is 0 Å². The summed E-state index contributed by atoms with van der Waals surface area (Å²) in [6, 6.07) is 6.67. The molecule has 2 aromatic carbocycles. The van der Waals surface area contributed by atoms with Gasteiger partial charge in [0.05, 0.1) is 0 Å². The lowest BCUT2D eigenvalue weighted by Crippen LogP contribution is -2.60. The highest BCUT2D eigenvalue weighted by Crippen LogP contribution is 2.19. The molecule has 19 N–H and O–H groups in total. The summed E-state index contributed by atoms with van der Waals surface area (Å²) in [6.07, 6.45) is 2.29. The molecule has 9 amide bonds. The number of hydrogen-bond acceptors (Lipinski definition) is 11. The third-order valence-corrected chi connectivity index (χ3v) is 12.1. The molecular formula is C49H72N16O9. The fourth-order valence-electron chi connectivity index (χ4n) is 8.16. The van der Waals surface area contributed by atoms with E-state index in [1.165, 1.54) is 6.92 Å². The minimum Gasteiger partial charge on any atom is -0.370 e. The summed E-state index contributed by atoms with van der Waals surface area (Å²) in [4.78, 5) is 135. The van der Waals surface area contributed by atoms with Gasteiger partial charge in [0.25, 0.3) is 0 Å². The number of rotatable bonds is 21. The Morgan fingerprint density at radius 3 is 1.92 bits per heavy atom. The number of guanidine groups is 2. The van der Waals surface area contributed by atoms with E-state index in [0.717, 1.165) is 10.9 Å². The van der Waals surface area contributed by atoms with Crippen molar-refractivity contribution in [2.75, 3.05) is 19.6 Å². The summed E-state index contributed by atoms with van der Waals surface area (Å²) in [5, 5.41) is 22.2. The van der Waals surface area contributed by atoms with Gasteiger partial charge < -0.3 is 76.2 Å². The van der Waals surface area contributed by atoms with Gasteiger partial charge in [-0.05, 0) is 62.1 Å². The van der Waals surface area contributed by atoms with Crippen LogP contribution in [0.5, 0.6) is 0 Å². The number of fused-ring (bicyclic) bond motifs is 1. The van der Waals surface area contributed by atoms with Gasteiger partial charge in [0.2, 0.25) is 53.2 Å². The van der Waals surface area contributed by atoms with Gasteiger partial charge in [-0.3, -0.25) is 53.1 Å². The molecule has 1 aliphatic heterocycles. The number of aliphatic imine (C=N–C) groups is 2. The van der Waals surface area contributed by atoms with Crippen molar-refractivity contribution in [3.05, 3.63) is 71.9 Å². The van der Waals surface area contributed by atoms with Crippen molar-refractivity contribution in [1.82, 2.24) is 47.5 Å². The van der Waals surface area contributed by atoms with Crippen LogP contribution >= 0.6 is 0 Å². The highest BCUT2D eigenvalue weighted by Gasteiger charge is 2.35. The number of nitrogens with two attached hydrogens (primary N) is 5. The number of carbonyl (C=O) groups excluding carboxylic acids is 9. The molecule has 0 aliphatic carbocycles. The normalized spacial score (nSPS) is 20.0. The highest BCUT2D eigenvalue weighted by molar-refractivity contribution is 5.98. The first-order valence-electron chi connectivity index (χ1n) is 24.7. The summed E-state index contributed by atoms with van der Waals surface area (Å²) < 4.78 is 0. The summed E-state index contributed by atoms with van der Waals surface area (Å²) in [7, 11) is 0. The third-order valence-electron chi connectivity index (χ3n) is 12.1. The average Bonchev–Trinajstić information content (AvgIpc) is 3.76. The van der Waals surface area contributed by atoms with E-state index in [1.807, 2.05) is 31.2 Å². The molecule has 0 saturated carbocycles. The number of aromatic nitrogens is 1. The van der Waals surface area contributed by atoms with Crippen molar-refractivity contribution in [3.63, 3.8) is 0 Å². The second kappa shape index (κ2) is 29.9. The first-order valence-corrected chi connectivity index (χ1v) is 24.7. The lowest BCUT2D eigenvalue weighted by molar-refractivity contribution is -0.136. The topological polar surface area (TPSA) is 420 Å². The van der Waals surface area contributed by atoms with Crippen molar-refractivity contribution in [3.8, 4) is 0 Å². The minimum atomic E-state index is -1.45. The molecule has 74 heavy (non-hydrogen) atoms. The fraction of sp³-hybridized carbons (Fsp3) is 0.490. The molecule has 0 unspecified atom stereocenters. The summed E-state index contributed by atoms with van der Waals surface area (Å²) >= 11 is 0. The van der Waals surface area contributed by atoms with E-state index in [-0.39, 0.29) is 95.8 Å². The molecule has 25 heteroatoms. The Bertz CT molecular complexity index is 2470. The molecule has 25 nitrogen and oxygen atoms in total. The Labute approximate surface area is 428 Å². The van der Waals surface area contributed by atoms with Gasteiger partial charge in [-0.1, -0.05) is 68.3 Å². The molecule has 1 saturated heterocycles. The van der Waals surface area contributed by atoms with Gasteiger partial charge in [-0.15, -0.1) is 0 Å². The van der Waals surface area contributed by atoms with E-state index in [0.29, 0.717) is 24.0 Å². The largest absolute Gasteiger partial charge is 0.370 e. The van der Waals surface area contributed by atoms with Crippen molar-refractivity contribution < 1.29 is 43.2 Å². The predicted octanol–water partition coefficient (Wildman–Crippen LogP) is -2.55. The maximum absolute atomic E-state index is 14.5. The molecule has 0 bridgehead atoms. The Morgan fingerprint density at radius 1 is 0.703 bits per heavy atom. The lowest BCUT2D eigenvalue weighted by atomic mass is 10.0. The molecule has 3 aromatic rings. The molecule has 0 radical (unpaired) electrons. The highest BCUT2D eigenvalue weighted by atomic mass is 16.2. The second-order valence-electron chi connectivity index (χ2n) is 18.0. The zero-order valence-corrected chi connectivity index (χ0v) is 41.9. The van der Waals surface area contributed by atoms with Gasteiger partial charge in [0, 0.05) is 62.9 Å². The lowest BCUT2D eigenvalue weighted by Gasteiger charge is -2.28. The van der Waals surface area contributed by atoms with Gasteiger partial charge in [0.15, 0.2) is 11.9 Å². The average molecular weight is 1030 g/mol. The van der Waals surface area contributed by atoms with Crippen LogP contribution in [0, 0.1) is 0 Å². The molecule has 7 atom stereocenters. The van der Waals surface area contributed by atoms with Crippen molar-refractivity contribution in [2.24, 2.45) is 38.7 Å². The first kappa shape index (κ1) is 58.3. The Morgan fingerprint density at radius 2 is 1.30 bits per heavy atom. The Balaban J connectivity index is 1.76. The van der Waals surface area contributed by atoms with Crippen LogP contribution in [0.25, 0.3) is 10.9 Å². The van der Waals surface area contributed by atoms with Gasteiger partial charge in [-0.2, -0.15) is 0 Å². The van der Waals surface area contributed by atoms with Crippen LogP contribution in [0.4, 0.5) is 0 Å². The molecule has 4 rings (SSSR count). The predicted molar refractivity (Wildman–Crippen MR) is 277 cm³/mol. The summed E-state index contributed by atoms with van der Waals surface area (Å²) in [6.45, 7) is 3.01.